The quantitative estimate of drug-likeness (QED) is 0.165. The molecule has 5 aromatic rings. The number of aliphatic hydroxyl groups is 2. The molecule has 0 amide bonds. The third kappa shape index (κ3) is 6.27. The molecular weight excluding hydrogens is 590 g/mol. The molecule has 0 unspecified atom stereocenters. The highest BCUT2D eigenvalue weighted by molar-refractivity contribution is 5.84. The summed E-state index contributed by atoms with van der Waals surface area (Å²) in [5.41, 5.74) is 3.28. The number of imidazole rings is 1. The molecule has 0 spiro atoms. The van der Waals surface area contributed by atoms with Crippen LogP contribution in [0.2, 0.25) is 0 Å². The van der Waals surface area contributed by atoms with Crippen molar-refractivity contribution in [1.29, 1.82) is 0 Å². The molecular formula is C31H37N11O4. The maximum atomic E-state index is 11.1. The summed E-state index contributed by atoms with van der Waals surface area (Å²) in [5, 5.41) is 40.9. The monoisotopic (exact) mass is 627 g/mol. The summed E-state index contributed by atoms with van der Waals surface area (Å²) in [7, 11) is 1.62. The van der Waals surface area contributed by atoms with E-state index >= 15 is 0 Å². The van der Waals surface area contributed by atoms with Gasteiger partial charge in [-0.2, -0.15) is 14.8 Å². The van der Waals surface area contributed by atoms with Gasteiger partial charge in [0.05, 0.1) is 26.6 Å². The molecule has 0 saturated carbocycles. The second-order valence-corrected chi connectivity index (χ2v) is 11.4. The predicted octanol–water partition coefficient (Wildman–Crippen LogP) is 1.33. The number of ether oxygens (including phenoxy) is 2. The first-order chi connectivity index (χ1) is 22.5. The number of hydrogen-bond donors (Lipinski definition) is 4. The lowest BCUT2D eigenvalue weighted by atomic mass is 9.91. The lowest BCUT2D eigenvalue weighted by Gasteiger charge is -2.26. The molecule has 2 aliphatic heterocycles. The Bertz CT molecular complexity index is 1690. The van der Waals surface area contributed by atoms with Crippen LogP contribution in [-0.2, 0) is 16.5 Å². The van der Waals surface area contributed by atoms with Crippen LogP contribution in [0.15, 0.2) is 67.0 Å². The number of aromatic nitrogens is 8. The van der Waals surface area contributed by atoms with Crippen LogP contribution >= 0.6 is 0 Å². The van der Waals surface area contributed by atoms with Crippen LogP contribution in [0.1, 0.15) is 35.2 Å². The Balaban J connectivity index is 1.20. The maximum Gasteiger partial charge on any atom is 0.226 e. The summed E-state index contributed by atoms with van der Waals surface area (Å²) in [6, 6.07) is 20.7. The van der Waals surface area contributed by atoms with Gasteiger partial charge in [-0.25, -0.2) is 4.98 Å². The number of benzene rings is 2. The van der Waals surface area contributed by atoms with Gasteiger partial charge >= 0.3 is 0 Å². The summed E-state index contributed by atoms with van der Waals surface area (Å²) in [5.74, 6) is 1.16. The molecule has 5 heterocycles. The summed E-state index contributed by atoms with van der Waals surface area (Å²) in [6.45, 7) is 5.17. The van der Waals surface area contributed by atoms with E-state index in [-0.39, 0.29) is 11.7 Å². The van der Waals surface area contributed by atoms with E-state index in [1.54, 1.807) is 17.9 Å². The molecule has 7 rings (SSSR count). The van der Waals surface area contributed by atoms with Crippen LogP contribution in [-0.4, -0.2) is 113 Å². The number of fused-ring (bicyclic) bond motifs is 1. The van der Waals surface area contributed by atoms with Crippen LogP contribution in [0.25, 0.3) is 11.2 Å². The average molecular weight is 628 g/mol. The van der Waals surface area contributed by atoms with Crippen molar-refractivity contribution < 1.29 is 19.7 Å². The minimum atomic E-state index is -1.30. The Kier molecular flexibility index (Phi) is 8.81. The van der Waals surface area contributed by atoms with Gasteiger partial charge in [-0.3, -0.25) is 9.47 Å². The number of tetrazole rings is 1. The first-order valence-corrected chi connectivity index (χ1v) is 15.4. The molecule has 46 heavy (non-hydrogen) atoms. The lowest BCUT2D eigenvalue weighted by Crippen LogP contribution is -2.39. The zero-order chi connectivity index (χ0) is 31.5. The van der Waals surface area contributed by atoms with Gasteiger partial charge in [0.1, 0.15) is 12.2 Å². The SMILES string of the molecule is Cn1nnc([C@H]2O[C@@H](n3cnc4c(NCC(c5ccccc5)c5ccccc5)nc(NCCN5CCOCC5)nc43)[C@H](O)[C@@H]2O)n1. The number of hydrogen-bond acceptors (Lipinski definition) is 13. The number of morpholine rings is 1. The van der Waals surface area contributed by atoms with Gasteiger partial charge in [-0.15, -0.1) is 10.2 Å². The van der Waals surface area contributed by atoms with Crippen molar-refractivity contribution in [3.63, 3.8) is 0 Å². The standard InChI is InChI=1S/C31H37N11O4/c1-40-38-28(37-39-40)26-24(43)25(44)30(46-26)42-19-34-23-27(35-31(36-29(23)42)32-12-13-41-14-16-45-17-15-41)33-18-22(20-8-4-2-5-9-20)21-10-6-3-7-11-21/h2-11,19,22,24-26,30,43-44H,12-18H2,1H3,(H2,32,33,35,36)/t24-,25+,26-,30+/m0/s1. The normalized spacial score (nSPS) is 22.1. The summed E-state index contributed by atoms with van der Waals surface area (Å²) in [4.78, 5) is 17.9. The van der Waals surface area contributed by atoms with E-state index in [0.717, 1.165) is 32.8 Å². The zero-order valence-electron chi connectivity index (χ0n) is 25.4. The molecule has 2 fully saturated rings. The Morgan fingerprint density at radius 1 is 0.935 bits per heavy atom. The van der Waals surface area contributed by atoms with Crippen molar-refractivity contribution in [3.8, 4) is 0 Å². The highest BCUT2D eigenvalue weighted by Gasteiger charge is 2.47. The molecule has 15 heteroatoms. The molecule has 4 N–H and O–H groups in total. The average Bonchev–Trinajstić information content (AvgIpc) is 3.79. The summed E-state index contributed by atoms with van der Waals surface area (Å²) < 4.78 is 13.2. The molecule has 2 aromatic carbocycles. The van der Waals surface area contributed by atoms with Crippen LogP contribution in [0, 0.1) is 0 Å². The lowest BCUT2D eigenvalue weighted by molar-refractivity contribution is -0.0384. The smallest absolute Gasteiger partial charge is 0.226 e. The van der Waals surface area contributed by atoms with E-state index in [1.807, 2.05) is 36.4 Å². The van der Waals surface area contributed by atoms with Crippen LogP contribution in [0.5, 0.6) is 0 Å². The predicted molar refractivity (Wildman–Crippen MR) is 168 cm³/mol. The molecule has 3 aromatic heterocycles. The van der Waals surface area contributed by atoms with E-state index in [4.69, 9.17) is 19.4 Å². The highest BCUT2D eigenvalue weighted by atomic mass is 16.6. The van der Waals surface area contributed by atoms with Crippen molar-refractivity contribution >= 4 is 22.9 Å². The molecule has 4 atom stereocenters. The number of aliphatic hydroxyl groups excluding tert-OH is 2. The van der Waals surface area contributed by atoms with Crippen molar-refractivity contribution in [2.24, 2.45) is 7.05 Å². The van der Waals surface area contributed by atoms with Crippen molar-refractivity contribution in [2.75, 3.05) is 56.6 Å². The van der Waals surface area contributed by atoms with E-state index in [1.165, 1.54) is 15.9 Å². The maximum absolute atomic E-state index is 11.1. The number of nitrogens with one attached hydrogen (secondary N) is 2. The Hall–Kier alpha value is -4.54. The van der Waals surface area contributed by atoms with E-state index in [9.17, 15) is 10.2 Å². The number of aryl methyl sites for hydroxylation is 1. The van der Waals surface area contributed by atoms with Gasteiger partial charge in [-0.1, -0.05) is 60.7 Å². The molecule has 240 valence electrons. The fraction of sp³-hybridized carbons (Fsp3) is 0.419. The van der Waals surface area contributed by atoms with Crippen LogP contribution < -0.4 is 10.6 Å². The number of rotatable bonds is 11. The first-order valence-electron chi connectivity index (χ1n) is 15.4. The van der Waals surface area contributed by atoms with Crippen LogP contribution in [0.4, 0.5) is 11.8 Å². The fourth-order valence-electron chi connectivity index (χ4n) is 5.97. The Morgan fingerprint density at radius 3 is 2.33 bits per heavy atom. The Labute approximate surface area is 265 Å². The van der Waals surface area contributed by atoms with Crippen molar-refractivity contribution in [3.05, 3.63) is 83.9 Å². The minimum Gasteiger partial charge on any atom is -0.387 e. The van der Waals surface area contributed by atoms with Gasteiger partial charge in [0.15, 0.2) is 29.3 Å². The van der Waals surface area contributed by atoms with Gasteiger partial charge in [0.25, 0.3) is 0 Å². The summed E-state index contributed by atoms with van der Waals surface area (Å²) in [6.07, 6.45) is -3.01. The number of nitrogens with zero attached hydrogens (tertiary/aromatic N) is 9. The number of anilines is 2. The Morgan fingerprint density at radius 2 is 1.65 bits per heavy atom. The highest BCUT2D eigenvalue weighted by Crippen LogP contribution is 2.39. The second kappa shape index (κ2) is 13.4. The minimum absolute atomic E-state index is 0.0441. The largest absolute Gasteiger partial charge is 0.387 e. The summed E-state index contributed by atoms with van der Waals surface area (Å²) >= 11 is 0. The van der Waals surface area contributed by atoms with Crippen molar-refractivity contribution in [1.82, 2.24) is 44.6 Å². The molecule has 2 aliphatic rings. The molecule has 0 radical (unpaired) electrons. The van der Waals surface area contributed by atoms with Gasteiger partial charge in [0, 0.05) is 38.6 Å². The third-order valence-electron chi connectivity index (χ3n) is 8.40. The molecule has 0 aliphatic carbocycles. The van der Waals surface area contributed by atoms with E-state index < -0.39 is 24.5 Å². The second-order valence-electron chi connectivity index (χ2n) is 11.4. The molecule has 15 nitrogen and oxygen atoms in total. The van der Waals surface area contributed by atoms with E-state index in [2.05, 4.69) is 60.2 Å². The third-order valence-corrected chi connectivity index (χ3v) is 8.40. The fourth-order valence-corrected chi connectivity index (χ4v) is 5.97. The van der Waals surface area contributed by atoms with Crippen molar-refractivity contribution in [2.45, 2.75) is 30.5 Å². The first kappa shape index (κ1) is 30.1. The van der Waals surface area contributed by atoms with Gasteiger partial charge in [0.2, 0.25) is 11.8 Å². The van der Waals surface area contributed by atoms with Crippen LogP contribution in [0.3, 0.4) is 0 Å². The van der Waals surface area contributed by atoms with Gasteiger partial charge < -0.3 is 30.3 Å². The molecule has 0 bridgehead atoms. The van der Waals surface area contributed by atoms with E-state index in [0.29, 0.717) is 36.0 Å². The topological polar surface area (TPSA) is 173 Å². The molecule has 2 saturated heterocycles. The zero-order valence-corrected chi connectivity index (χ0v) is 25.4. The van der Waals surface area contributed by atoms with Gasteiger partial charge in [-0.05, 0) is 16.3 Å².